The number of hydrogen-bond acceptors (Lipinski definition) is 8. The molecular formula is C23H30FN5O3. The molecule has 9 heteroatoms. The number of morpholine rings is 2. The smallest absolute Gasteiger partial charge is 0.229 e. The van der Waals surface area contributed by atoms with E-state index in [-0.39, 0.29) is 5.82 Å². The number of nitrogens with zero attached hydrogens (tertiary/aromatic N) is 5. The number of halogens is 1. The van der Waals surface area contributed by atoms with Crippen molar-refractivity contribution in [1.29, 1.82) is 0 Å². The van der Waals surface area contributed by atoms with Gasteiger partial charge in [0.05, 0.1) is 32.0 Å². The number of hydrogen-bond donors (Lipinski definition) is 1. The molecule has 32 heavy (non-hydrogen) atoms. The Morgan fingerprint density at radius 3 is 1.75 bits per heavy atom. The Balaban J connectivity index is 1.43. The molecule has 2 aromatic rings. The Bertz CT molecular complexity index is 872. The molecule has 1 aromatic carbocycles. The monoisotopic (exact) mass is 443 g/mol. The Morgan fingerprint density at radius 2 is 1.25 bits per heavy atom. The number of aromatic nitrogens is 2. The van der Waals surface area contributed by atoms with Crippen LogP contribution in [0.4, 0.5) is 22.0 Å². The average molecular weight is 444 g/mol. The van der Waals surface area contributed by atoms with Gasteiger partial charge in [-0.1, -0.05) is 30.3 Å². The predicted molar refractivity (Wildman–Crippen MR) is 120 cm³/mol. The van der Waals surface area contributed by atoms with Crippen molar-refractivity contribution in [2.75, 3.05) is 80.4 Å². The molecular weight excluding hydrogens is 413 g/mol. The number of anilines is 3. The minimum Gasteiger partial charge on any atom is -0.385 e. The third kappa shape index (κ3) is 4.24. The Hall–Kier alpha value is -2.49. The minimum atomic E-state index is -0.863. The van der Waals surface area contributed by atoms with Crippen LogP contribution in [0.5, 0.6) is 0 Å². The second-order valence-corrected chi connectivity index (χ2v) is 8.57. The molecule has 8 nitrogen and oxygen atoms in total. The van der Waals surface area contributed by atoms with Gasteiger partial charge in [-0.3, -0.25) is 0 Å². The van der Waals surface area contributed by atoms with Gasteiger partial charge in [0, 0.05) is 39.3 Å². The fourth-order valence-corrected chi connectivity index (χ4v) is 4.64. The first-order valence-electron chi connectivity index (χ1n) is 11.4. The van der Waals surface area contributed by atoms with E-state index in [2.05, 4.69) is 14.9 Å². The van der Waals surface area contributed by atoms with E-state index in [0.29, 0.717) is 96.1 Å². The first-order chi connectivity index (χ1) is 15.6. The van der Waals surface area contributed by atoms with Gasteiger partial charge in [0.25, 0.3) is 0 Å². The van der Waals surface area contributed by atoms with E-state index in [9.17, 15) is 5.11 Å². The van der Waals surface area contributed by atoms with Crippen LogP contribution in [0.15, 0.2) is 30.3 Å². The zero-order chi connectivity index (χ0) is 22.0. The Kier molecular flexibility index (Phi) is 6.12. The molecule has 3 aliphatic rings. The van der Waals surface area contributed by atoms with Gasteiger partial charge in [0.2, 0.25) is 11.8 Å². The average Bonchev–Trinajstić information content (AvgIpc) is 2.86. The maximum Gasteiger partial charge on any atom is 0.229 e. The van der Waals surface area contributed by atoms with Crippen LogP contribution in [-0.4, -0.2) is 80.8 Å². The molecule has 0 saturated carbocycles. The highest BCUT2D eigenvalue weighted by Gasteiger charge is 2.36. The summed E-state index contributed by atoms with van der Waals surface area (Å²) in [6.07, 6.45) is 1.13. The molecule has 0 bridgehead atoms. The van der Waals surface area contributed by atoms with Gasteiger partial charge in [-0.25, -0.2) is 0 Å². The summed E-state index contributed by atoms with van der Waals surface area (Å²) in [4.78, 5) is 15.3. The Morgan fingerprint density at radius 1 is 0.750 bits per heavy atom. The van der Waals surface area contributed by atoms with Crippen molar-refractivity contribution in [3.8, 4) is 0 Å². The summed E-state index contributed by atoms with van der Waals surface area (Å²) in [6.45, 7) is 5.82. The maximum atomic E-state index is 15.6. The highest BCUT2D eigenvalue weighted by atomic mass is 19.1. The van der Waals surface area contributed by atoms with E-state index in [4.69, 9.17) is 9.47 Å². The predicted octanol–water partition coefficient (Wildman–Crippen LogP) is 1.78. The van der Waals surface area contributed by atoms with Crippen molar-refractivity contribution in [3.63, 3.8) is 0 Å². The molecule has 3 saturated heterocycles. The van der Waals surface area contributed by atoms with Crippen LogP contribution >= 0.6 is 0 Å². The van der Waals surface area contributed by atoms with Crippen LogP contribution in [0.2, 0.25) is 0 Å². The highest BCUT2D eigenvalue weighted by Crippen LogP contribution is 2.35. The minimum absolute atomic E-state index is 0.337. The molecule has 0 radical (unpaired) electrons. The molecule has 172 valence electrons. The summed E-state index contributed by atoms with van der Waals surface area (Å²) >= 11 is 0. The quantitative estimate of drug-likeness (QED) is 0.767. The normalized spacial score (nSPS) is 21.6. The summed E-state index contributed by atoms with van der Waals surface area (Å²) in [7, 11) is 0. The molecule has 0 spiro atoms. The van der Waals surface area contributed by atoms with Crippen molar-refractivity contribution in [3.05, 3.63) is 41.7 Å². The SMILES string of the molecule is OC1(c2ccccc2)CCN(c2nc(N3CCOCC3)c(F)c(N3CCOCC3)n2)CC1. The van der Waals surface area contributed by atoms with E-state index >= 15 is 4.39 Å². The van der Waals surface area contributed by atoms with Crippen molar-refractivity contribution in [2.24, 2.45) is 0 Å². The first kappa shape index (κ1) is 21.4. The standard InChI is InChI=1S/C23H30FN5O3/c24-19-20(27-10-14-31-15-11-27)25-22(26-21(19)28-12-16-32-17-13-28)29-8-6-23(30,7-9-29)18-4-2-1-3-5-18/h1-5,30H,6-17H2. The molecule has 4 heterocycles. The highest BCUT2D eigenvalue weighted by molar-refractivity contribution is 5.58. The van der Waals surface area contributed by atoms with E-state index in [1.54, 1.807) is 0 Å². The first-order valence-corrected chi connectivity index (χ1v) is 11.4. The zero-order valence-corrected chi connectivity index (χ0v) is 18.2. The lowest BCUT2D eigenvalue weighted by Gasteiger charge is -2.39. The van der Waals surface area contributed by atoms with Crippen molar-refractivity contribution < 1.29 is 19.0 Å². The molecule has 0 amide bonds. The van der Waals surface area contributed by atoms with Crippen LogP contribution in [0.1, 0.15) is 18.4 Å². The van der Waals surface area contributed by atoms with Crippen molar-refractivity contribution in [1.82, 2.24) is 9.97 Å². The summed E-state index contributed by atoms with van der Waals surface area (Å²) in [5, 5.41) is 11.2. The van der Waals surface area contributed by atoms with E-state index in [0.717, 1.165) is 5.56 Å². The van der Waals surface area contributed by atoms with Crippen LogP contribution in [0.25, 0.3) is 0 Å². The van der Waals surface area contributed by atoms with E-state index < -0.39 is 5.60 Å². The largest absolute Gasteiger partial charge is 0.385 e. The molecule has 3 aliphatic heterocycles. The number of rotatable bonds is 4. The van der Waals surface area contributed by atoms with Crippen LogP contribution < -0.4 is 14.7 Å². The lowest BCUT2D eigenvalue weighted by atomic mass is 9.84. The van der Waals surface area contributed by atoms with E-state index in [1.165, 1.54) is 0 Å². The lowest BCUT2D eigenvalue weighted by Crippen LogP contribution is -2.44. The second-order valence-electron chi connectivity index (χ2n) is 8.57. The van der Waals surface area contributed by atoms with Gasteiger partial charge in [-0.05, 0) is 18.4 Å². The lowest BCUT2D eigenvalue weighted by molar-refractivity contribution is 0.0115. The summed E-state index contributed by atoms with van der Waals surface area (Å²) in [5.41, 5.74) is 0.0698. The van der Waals surface area contributed by atoms with Gasteiger partial charge in [-0.2, -0.15) is 14.4 Å². The molecule has 1 aromatic heterocycles. The summed E-state index contributed by atoms with van der Waals surface area (Å²) in [6, 6.07) is 9.79. The topological polar surface area (TPSA) is 74.2 Å². The fourth-order valence-electron chi connectivity index (χ4n) is 4.64. The van der Waals surface area contributed by atoms with Gasteiger partial charge in [-0.15, -0.1) is 0 Å². The van der Waals surface area contributed by atoms with Gasteiger partial charge >= 0.3 is 0 Å². The second kappa shape index (κ2) is 9.17. The Labute approximate surface area is 187 Å². The van der Waals surface area contributed by atoms with Crippen molar-refractivity contribution in [2.45, 2.75) is 18.4 Å². The number of aliphatic hydroxyl groups is 1. The number of piperidine rings is 1. The van der Waals surface area contributed by atoms with Crippen LogP contribution in [0, 0.1) is 5.82 Å². The molecule has 0 unspecified atom stereocenters. The zero-order valence-electron chi connectivity index (χ0n) is 18.2. The summed E-state index contributed by atoms with van der Waals surface area (Å²) in [5.74, 6) is 0.812. The van der Waals surface area contributed by atoms with Gasteiger partial charge in [0.15, 0.2) is 11.6 Å². The van der Waals surface area contributed by atoms with Gasteiger partial charge in [0.1, 0.15) is 0 Å². The molecule has 0 atom stereocenters. The molecule has 0 aliphatic carbocycles. The van der Waals surface area contributed by atoms with E-state index in [1.807, 2.05) is 40.1 Å². The van der Waals surface area contributed by atoms with Crippen LogP contribution in [-0.2, 0) is 15.1 Å². The molecule has 5 rings (SSSR count). The number of benzene rings is 1. The molecule has 3 fully saturated rings. The summed E-state index contributed by atoms with van der Waals surface area (Å²) < 4.78 is 26.5. The molecule has 1 N–H and O–H groups in total. The maximum absolute atomic E-state index is 15.6. The third-order valence-electron chi connectivity index (χ3n) is 6.61. The number of ether oxygens (including phenoxy) is 2. The van der Waals surface area contributed by atoms with Gasteiger partial charge < -0.3 is 29.3 Å². The third-order valence-corrected chi connectivity index (χ3v) is 6.61. The fraction of sp³-hybridized carbons (Fsp3) is 0.565. The van der Waals surface area contributed by atoms with Crippen LogP contribution in [0.3, 0.4) is 0 Å². The van der Waals surface area contributed by atoms with Crippen molar-refractivity contribution >= 4 is 17.6 Å².